The fraction of sp³-hybridized carbons (Fsp3) is 0.167. The van der Waals surface area contributed by atoms with Gasteiger partial charge in [0.1, 0.15) is 5.01 Å². The molecule has 1 aromatic heterocycles. The first-order valence-electron chi connectivity index (χ1n) is 7.72. The molecule has 1 amide bonds. The third-order valence-electron chi connectivity index (χ3n) is 3.53. The molecule has 1 N–H and O–H groups in total. The molecule has 1 heterocycles. The number of anilines is 1. The summed E-state index contributed by atoms with van der Waals surface area (Å²) in [6.45, 7) is 0. The maximum Gasteiger partial charge on any atom is 0.416 e. The predicted octanol–water partition coefficient (Wildman–Crippen LogP) is 4.33. The van der Waals surface area contributed by atoms with Crippen molar-refractivity contribution in [3.05, 3.63) is 76.3 Å². The van der Waals surface area contributed by atoms with Crippen molar-refractivity contribution in [2.24, 2.45) is 0 Å². The summed E-state index contributed by atoms with van der Waals surface area (Å²) in [6.07, 6.45) is -4.00. The number of carbonyl (C=O) groups excluding carboxylic acids is 1. The van der Waals surface area contributed by atoms with Gasteiger partial charge in [-0.05, 0) is 17.2 Å². The summed E-state index contributed by atoms with van der Waals surface area (Å²) in [5.74, 6) is -0.438. The van der Waals surface area contributed by atoms with Gasteiger partial charge in [-0.25, -0.2) is 0 Å². The molecule has 2 aromatic carbocycles. The van der Waals surface area contributed by atoms with Crippen LogP contribution in [-0.4, -0.2) is 16.1 Å². The zero-order chi connectivity index (χ0) is 18.6. The number of nitrogens with zero attached hydrogens (tertiary/aromatic N) is 2. The number of alkyl halides is 3. The van der Waals surface area contributed by atoms with Gasteiger partial charge >= 0.3 is 6.18 Å². The summed E-state index contributed by atoms with van der Waals surface area (Å²) in [5, 5.41) is 11.6. The third-order valence-corrected chi connectivity index (χ3v) is 4.37. The highest BCUT2D eigenvalue weighted by molar-refractivity contribution is 7.15. The molecule has 0 radical (unpaired) electrons. The number of rotatable bonds is 5. The fourth-order valence-electron chi connectivity index (χ4n) is 2.35. The molecule has 26 heavy (non-hydrogen) atoms. The highest BCUT2D eigenvalue weighted by atomic mass is 32.1. The number of hydrogen-bond donors (Lipinski definition) is 1. The molecule has 0 unspecified atom stereocenters. The van der Waals surface area contributed by atoms with Gasteiger partial charge in [-0.15, -0.1) is 10.2 Å². The van der Waals surface area contributed by atoms with E-state index in [0.717, 1.165) is 22.7 Å². The Morgan fingerprint density at radius 2 is 1.73 bits per heavy atom. The summed E-state index contributed by atoms with van der Waals surface area (Å²) < 4.78 is 38.2. The molecule has 0 saturated heterocycles. The Balaban J connectivity index is 1.60. The molecular weight excluding hydrogens is 363 g/mol. The van der Waals surface area contributed by atoms with Crippen LogP contribution >= 0.6 is 11.3 Å². The zero-order valence-corrected chi connectivity index (χ0v) is 14.3. The molecule has 0 fully saturated rings. The quantitative estimate of drug-likeness (QED) is 0.720. The number of benzene rings is 2. The first-order valence-corrected chi connectivity index (χ1v) is 8.54. The molecule has 3 aromatic rings. The summed E-state index contributed by atoms with van der Waals surface area (Å²) in [4.78, 5) is 12.1. The van der Waals surface area contributed by atoms with Gasteiger partial charge in [-0.2, -0.15) is 13.2 Å². The van der Waals surface area contributed by atoms with E-state index in [1.54, 1.807) is 0 Å². The first-order chi connectivity index (χ1) is 12.4. The molecule has 0 spiro atoms. The van der Waals surface area contributed by atoms with Gasteiger partial charge in [-0.1, -0.05) is 59.9 Å². The molecule has 0 aliphatic heterocycles. The van der Waals surface area contributed by atoms with Crippen molar-refractivity contribution in [3.63, 3.8) is 0 Å². The van der Waals surface area contributed by atoms with Gasteiger partial charge in [0.2, 0.25) is 11.0 Å². The van der Waals surface area contributed by atoms with E-state index in [0.29, 0.717) is 11.6 Å². The Labute approximate surface area is 151 Å². The van der Waals surface area contributed by atoms with E-state index in [2.05, 4.69) is 15.5 Å². The molecule has 0 aliphatic rings. The maximum atomic E-state index is 12.7. The SMILES string of the molecule is O=C(Cc1cccc(C(F)(F)F)c1)Nc1nnc(Cc2ccccc2)s1. The Morgan fingerprint density at radius 1 is 1.00 bits per heavy atom. The lowest BCUT2D eigenvalue weighted by Gasteiger charge is -2.08. The molecule has 134 valence electrons. The van der Waals surface area contributed by atoms with Crippen molar-refractivity contribution in [2.75, 3.05) is 5.32 Å². The van der Waals surface area contributed by atoms with Gasteiger partial charge in [0, 0.05) is 6.42 Å². The van der Waals surface area contributed by atoms with Crippen molar-refractivity contribution in [2.45, 2.75) is 19.0 Å². The lowest BCUT2D eigenvalue weighted by molar-refractivity contribution is -0.137. The first kappa shape index (κ1) is 18.1. The van der Waals surface area contributed by atoms with Gasteiger partial charge in [-0.3, -0.25) is 4.79 Å². The highest BCUT2D eigenvalue weighted by Crippen LogP contribution is 2.29. The molecule has 3 rings (SSSR count). The van der Waals surface area contributed by atoms with E-state index in [9.17, 15) is 18.0 Å². The van der Waals surface area contributed by atoms with Crippen LogP contribution in [0.1, 0.15) is 21.7 Å². The minimum atomic E-state index is -4.43. The second kappa shape index (κ2) is 7.65. The van der Waals surface area contributed by atoms with Gasteiger partial charge in [0.25, 0.3) is 0 Å². The Hall–Kier alpha value is -2.74. The van der Waals surface area contributed by atoms with Crippen LogP contribution < -0.4 is 5.32 Å². The number of carbonyl (C=O) groups is 1. The normalized spacial score (nSPS) is 11.3. The van der Waals surface area contributed by atoms with Gasteiger partial charge in [0.05, 0.1) is 12.0 Å². The standard InChI is InChI=1S/C18H14F3N3OS/c19-18(20,21)14-8-4-7-13(9-14)10-15(25)22-17-24-23-16(26-17)11-12-5-2-1-3-6-12/h1-9H,10-11H2,(H,22,24,25). The van der Waals surface area contributed by atoms with E-state index >= 15 is 0 Å². The van der Waals surface area contributed by atoms with Crippen LogP contribution in [0.3, 0.4) is 0 Å². The van der Waals surface area contributed by atoms with Crippen LogP contribution in [0.5, 0.6) is 0 Å². The average molecular weight is 377 g/mol. The Kier molecular flexibility index (Phi) is 5.32. The average Bonchev–Trinajstić information content (AvgIpc) is 3.02. The molecule has 0 atom stereocenters. The number of halogens is 3. The van der Waals surface area contributed by atoms with E-state index in [4.69, 9.17) is 0 Å². The summed E-state index contributed by atoms with van der Waals surface area (Å²) >= 11 is 1.24. The van der Waals surface area contributed by atoms with E-state index < -0.39 is 17.6 Å². The van der Waals surface area contributed by atoms with Crippen LogP contribution in [0.15, 0.2) is 54.6 Å². The highest BCUT2D eigenvalue weighted by Gasteiger charge is 2.30. The van der Waals surface area contributed by atoms with Crippen LogP contribution in [0.4, 0.5) is 18.3 Å². The van der Waals surface area contributed by atoms with Crippen molar-refractivity contribution < 1.29 is 18.0 Å². The Morgan fingerprint density at radius 3 is 2.46 bits per heavy atom. The van der Waals surface area contributed by atoms with Gasteiger partial charge < -0.3 is 5.32 Å². The van der Waals surface area contributed by atoms with Crippen LogP contribution in [-0.2, 0) is 23.8 Å². The zero-order valence-electron chi connectivity index (χ0n) is 13.5. The van der Waals surface area contributed by atoms with Crippen LogP contribution in [0.2, 0.25) is 0 Å². The van der Waals surface area contributed by atoms with Crippen molar-refractivity contribution >= 4 is 22.4 Å². The molecule has 0 saturated carbocycles. The Bertz CT molecular complexity index is 894. The summed E-state index contributed by atoms with van der Waals surface area (Å²) in [6, 6.07) is 14.4. The number of nitrogens with one attached hydrogen (secondary N) is 1. The topological polar surface area (TPSA) is 54.9 Å². The smallest absolute Gasteiger partial charge is 0.300 e. The molecular formula is C18H14F3N3OS. The van der Waals surface area contributed by atoms with Crippen molar-refractivity contribution in [3.8, 4) is 0 Å². The number of aromatic nitrogens is 2. The van der Waals surface area contributed by atoms with Crippen LogP contribution in [0, 0.1) is 0 Å². The van der Waals surface area contributed by atoms with Crippen molar-refractivity contribution in [1.82, 2.24) is 10.2 Å². The minimum absolute atomic E-state index is 0.169. The number of amides is 1. The summed E-state index contributed by atoms with van der Waals surface area (Å²) in [7, 11) is 0. The molecule has 0 aliphatic carbocycles. The van der Waals surface area contributed by atoms with Crippen molar-refractivity contribution in [1.29, 1.82) is 0 Å². The maximum absolute atomic E-state index is 12.7. The predicted molar refractivity (Wildman–Crippen MR) is 92.9 cm³/mol. The van der Waals surface area contributed by atoms with E-state index in [1.807, 2.05) is 30.3 Å². The van der Waals surface area contributed by atoms with E-state index in [-0.39, 0.29) is 12.0 Å². The third kappa shape index (κ3) is 4.89. The molecule has 0 bridgehead atoms. The van der Waals surface area contributed by atoms with Crippen LogP contribution in [0.25, 0.3) is 0 Å². The monoisotopic (exact) mass is 377 g/mol. The molecule has 8 heteroatoms. The number of hydrogen-bond acceptors (Lipinski definition) is 4. The second-order valence-electron chi connectivity index (χ2n) is 5.59. The largest absolute Gasteiger partial charge is 0.416 e. The lowest BCUT2D eigenvalue weighted by Crippen LogP contribution is -2.15. The summed E-state index contributed by atoms with van der Waals surface area (Å²) in [5.41, 5.74) is 0.584. The minimum Gasteiger partial charge on any atom is -0.300 e. The molecule has 4 nitrogen and oxygen atoms in total. The second-order valence-corrected chi connectivity index (χ2v) is 6.65. The van der Waals surface area contributed by atoms with E-state index in [1.165, 1.54) is 23.5 Å². The van der Waals surface area contributed by atoms with Gasteiger partial charge in [0.15, 0.2) is 0 Å². The lowest BCUT2D eigenvalue weighted by atomic mass is 10.1. The fourth-order valence-corrected chi connectivity index (χ4v) is 3.14.